The molecule has 1 amide bonds. The SMILES string of the molecule is Cc1cccc(F)c1NCC(=O)Nc1c(F)cccc1F. The third-order valence-electron chi connectivity index (χ3n) is 2.87. The number of rotatable bonds is 4. The Morgan fingerprint density at radius 2 is 1.48 bits per heavy atom. The molecule has 0 fully saturated rings. The lowest BCUT2D eigenvalue weighted by molar-refractivity contribution is -0.114. The Balaban J connectivity index is 2.03. The van der Waals surface area contributed by atoms with Crippen molar-refractivity contribution < 1.29 is 18.0 Å². The summed E-state index contributed by atoms with van der Waals surface area (Å²) in [5.74, 6) is -2.92. The van der Waals surface area contributed by atoms with E-state index in [1.807, 2.05) is 0 Å². The highest BCUT2D eigenvalue weighted by Gasteiger charge is 2.12. The lowest BCUT2D eigenvalue weighted by Crippen LogP contribution is -2.23. The molecule has 0 radical (unpaired) electrons. The Hall–Kier alpha value is -2.50. The number of benzene rings is 2. The van der Waals surface area contributed by atoms with Crippen molar-refractivity contribution in [3.63, 3.8) is 0 Å². The quantitative estimate of drug-likeness (QED) is 0.906. The fourth-order valence-corrected chi connectivity index (χ4v) is 1.83. The maximum atomic E-state index is 13.5. The second-order valence-electron chi connectivity index (χ2n) is 4.43. The molecule has 6 heteroatoms. The van der Waals surface area contributed by atoms with Crippen LogP contribution in [0, 0.1) is 24.4 Å². The van der Waals surface area contributed by atoms with Crippen LogP contribution >= 0.6 is 0 Å². The van der Waals surface area contributed by atoms with Gasteiger partial charge in [-0.2, -0.15) is 0 Å². The van der Waals surface area contributed by atoms with Crippen molar-refractivity contribution in [3.05, 3.63) is 59.4 Å². The highest BCUT2D eigenvalue weighted by atomic mass is 19.1. The molecule has 2 aromatic carbocycles. The van der Waals surface area contributed by atoms with Crippen LogP contribution in [-0.2, 0) is 4.79 Å². The molecule has 2 N–H and O–H groups in total. The van der Waals surface area contributed by atoms with Crippen LogP contribution in [0.3, 0.4) is 0 Å². The van der Waals surface area contributed by atoms with E-state index in [0.717, 1.165) is 12.1 Å². The van der Waals surface area contributed by atoms with Gasteiger partial charge >= 0.3 is 0 Å². The standard InChI is InChI=1S/C15H13F3N2O/c1-9-4-2-5-10(16)14(9)19-8-13(21)20-15-11(17)6-3-7-12(15)18/h2-7,19H,8H2,1H3,(H,20,21). The molecule has 2 aromatic rings. The monoisotopic (exact) mass is 294 g/mol. The molecule has 0 spiro atoms. The molecule has 0 saturated heterocycles. The van der Waals surface area contributed by atoms with Crippen LogP contribution in [0.25, 0.3) is 0 Å². The summed E-state index contributed by atoms with van der Waals surface area (Å²) in [5, 5.41) is 4.72. The Bertz CT molecular complexity index is 633. The summed E-state index contributed by atoms with van der Waals surface area (Å²) in [6.45, 7) is 1.37. The third kappa shape index (κ3) is 3.53. The molecule has 0 unspecified atom stereocenters. The van der Waals surface area contributed by atoms with Crippen LogP contribution in [0.2, 0.25) is 0 Å². The number of amides is 1. The number of hydrogen-bond donors (Lipinski definition) is 2. The largest absolute Gasteiger partial charge is 0.374 e. The number of anilines is 2. The zero-order valence-corrected chi connectivity index (χ0v) is 11.2. The van der Waals surface area contributed by atoms with Crippen LogP contribution in [-0.4, -0.2) is 12.5 Å². The van der Waals surface area contributed by atoms with Crippen molar-refractivity contribution >= 4 is 17.3 Å². The molecule has 0 saturated carbocycles. The second-order valence-corrected chi connectivity index (χ2v) is 4.43. The Morgan fingerprint density at radius 3 is 2.05 bits per heavy atom. The minimum absolute atomic E-state index is 0.182. The minimum atomic E-state index is -0.870. The number of hydrogen-bond acceptors (Lipinski definition) is 2. The Kier molecular flexibility index (Phi) is 4.47. The second kappa shape index (κ2) is 6.30. The summed E-state index contributed by atoms with van der Waals surface area (Å²) >= 11 is 0. The van der Waals surface area contributed by atoms with Crippen LogP contribution in [0.4, 0.5) is 24.5 Å². The van der Waals surface area contributed by atoms with Crippen molar-refractivity contribution in [2.75, 3.05) is 17.2 Å². The van der Waals surface area contributed by atoms with E-state index < -0.39 is 29.0 Å². The average Bonchev–Trinajstić information content (AvgIpc) is 2.42. The molecular weight excluding hydrogens is 281 g/mol. The van der Waals surface area contributed by atoms with E-state index in [0.29, 0.717) is 5.56 Å². The Morgan fingerprint density at radius 1 is 0.952 bits per heavy atom. The molecule has 0 aliphatic carbocycles. The fourth-order valence-electron chi connectivity index (χ4n) is 1.83. The number of para-hydroxylation sites is 2. The summed E-state index contributed by atoms with van der Waals surface area (Å²) in [6.07, 6.45) is 0. The normalized spacial score (nSPS) is 10.3. The van der Waals surface area contributed by atoms with E-state index in [1.54, 1.807) is 19.1 Å². The number of carbonyl (C=O) groups is 1. The van der Waals surface area contributed by atoms with Crippen molar-refractivity contribution in [1.29, 1.82) is 0 Å². The van der Waals surface area contributed by atoms with E-state index in [2.05, 4.69) is 10.6 Å². The number of halogens is 3. The summed E-state index contributed by atoms with van der Waals surface area (Å²) < 4.78 is 40.3. The van der Waals surface area contributed by atoms with Gasteiger partial charge in [0.25, 0.3) is 0 Å². The van der Waals surface area contributed by atoms with Gasteiger partial charge in [-0.1, -0.05) is 18.2 Å². The number of nitrogens with one attached hydrogen (secondary N) is 2. The molecule has 3 nitrogen and oxygen atoms in total. The van der Waals surface area contributed by atoms with Crippen molar-refractivity contribution in [2.45, 2.75) is 6.92 Å². The topological polar surface area (TPSA) is 41.1 Å². The van der Waals surface area contributed by atoms with Gasteiger partial charge in [0.05, 0.1) is 12.2 Å². The molecule has 2 rings (SSSR count). The molecule has 110 valence electrons. The van der Waals surface area contributed by atoms with Gasteiger partial charge < -0.3 is 10.6 Å². The molecule has 0 aliphatic rings. The van der Waals surface area contributed by atoms with Gasteiger partial charge in [0.15, 0.2) is 0 Å². The molecule has 0 atom stereocenters. The third-order valence-corrected chi connectivity index (χ3v) is 2.87. The lowest BCUT2D eigenvalue weighted by atomic mass is 10.2. The van der Waals surface area contributed by atoms with E-state index in [-0.39, 0.29) is 12.2 Å². The first-order valence-corrected chi connectivity index (χ1v) is 6.22. The van der Waals surface area contributed by atoms with Gasteiger partial charge in [0, 0.05) is 0 Å². The number of aryl methyl sites for hydroxylation is 1. The predicted molar refractivity (Wildman–Crippen MR) is 74.6 cm³/mol. The smallest absolute Gasteiger partial charge is 0.243 e. The van der Waals surface area contributed by atoms with Crippen molar-refractivity contribution in [3.8, 4) is 0 Å². The van der Waals surface area contributed by atoms with Gasteiger partial charge in [0.2, 0.25) is 5.91 Å². The first-order valence-electron chi connectivity index (χ1n) is 6.22. The molecule has 21 heavy (non-hydrogen) atoms. The molecule has 0 heterocycles. The maximum absolute atomic E-state index is 13.5. The maximum Gasteiger partial charge on any atom is 0.243 e. The zero-order chi connectivity index (χ0) is 15.4. The van der Waals surface area contributed by atoms with Crippen LogP contribution in [0.1, 0.15) is 5.56 Å². The Labute approximate surface area is 119 Å². The average molecular weight is 294 g/mol. The lowest BCUT2D eigenvalue weighted by Gasteiger charge is -2.11. The number of carbonyl (C=O) groups excluding carboxylic acids is 1. The minimum Gasteiger partial charge on any atom is -0.374 e. The zero-order valence-electron chi connectivity index (χ0n) is 11.2. The molecular formula is C15H13F3N2O. The van der Waals surface area contributed by atoms with Crippen molar-refractivity contribution in [2.24, 2.45) is 0 Å². The highest BCUT2D eigenvalue weighted by Crippen LogP contribution is 2.19. The van der Waals surface area contributed by atoms with Gasteiger partial charge in [-0.25, -0.2) is 13.2 Å². The first-order chi connectivity index (χ1) is 9.99. The fraction of sp³-hybridized carbons (Fsp3) is 0.133. The molecule has 0 aliphatic heterocycles. The van der Waals surface area contributed by atoms with Crippen LogP contribution in [0.15, 0.2) is 36.4 Å². The van der Waals surface area contributed by atoms with Gasteiger partial charge in [-0.05, 0) is 30.7 Å². The summed E-state index contributed by atoms with van der Waals surface area (Å²) in [7, 11) is 0. The van der Waals surface area contributed by atoms with E-state index >= 15 is 0 Å². The van der Waals surface area contributed by atoms with Gasteiger partial charge in [0.1, 0.15) is 23.1 Å². The van der Waals surface area contributed by atoms with E-state index in [1.165, 1.54) is 12.1 Å². The van der Waals surface area contributed by atoms with Crippen LogP contribution in [0.5, 0.6) is 0 Å². The predicted octanol–water partition coefficient (Wildman–Crippen LogP) is 3.46. The summed E-state index contributed by atoms with van der Waals surface area (Å²) in [4.78, 5) is 11.7. The van der Waals surface area contributed by atoms with E-state index in [9.17, 15) is 18.0 Å². The summed E-state index contributed by atoms with van der Waals surface area (Å²) in [5.41, 5.74) is 0.288. The van der Waals surface area contributed by atoms with Gasteiger partial charge in [-0.15, -0.1) is 0 Å². The highest BCUT2D eigenvalue weighted by molar-refractivity contribution is 5.94. The first kappa shape index (κ1) is 14.9. The van der Waals surface area contributed by atoms with Gasteiger partial charge in [-0.3, -0.25) is 4.79 Å². The van der Waals surface area contributed by atoms with Crippen molar-refractivity contribution in [1.82, 2.24) is 0 Å². The van der Waals surface area contributed by atoms with Crippen LogP contribution < -0.4 is 10.6 Å². The van der Waals surface area contributed by atoms with E-state index in [4.69, 9.17) is 0 Å². The molecule has 0 bridgehead atoms. The molecule has 0 aromatic heterocycles. The summed E-state index contributed by atoms with van der Waals surface area (Å²) in [6, 6.07) is 7.75.